The molecule has 0 bridgehead atoms. The highest BCUT2D eigenvalue weighted by molar-refractivity contribution is 7.16. The number of nitriles is 1. The lowest BCUT2D eigenvalue weighted by Gasteiger charge is -2.17. The molecular formula is C21H22N2O4S. The van der Waals surface area contributed by atoms with E-state index < -0.39 is 18.5 Å². The fourth-order valence-electron chi connectivity index (χ4n) is 3.28. The number of hydrogen-bond acceptors (Lipinski definition) is 6. The van der Waals surface area contributed by atoms with Crippen LogP contribution in [0.2, 0.25) is 0 Å². The number of anilines is 1. The molecule has 2 aromatic rings. The molecule has 1 aliphatic rings. The molecular weight excluding hydrogens is 376 g/mol. The van der Waals surface area contributed by atoms with E-state index in [1.54, 1.807) is 18.2 Å². The Morgan fingerprint density at radius 1 is 1.39 bits per heavy atom. The number of ether oxygens (including phenoxy) is 2. The molecule has 1 amide bonds. The standard InChI is InChI=1S/C21H22N2O4S/c1-12-4-7-15-16(10-22)20(28-18(15)8-12)23-19(24)11-27-21(25)14-6-5-13(2)17(9-14)26-3/h5-6,9,12H,4,7-8,11H2,1-3H3,(H,23,24)/t12-/m1/s1. The number of thiophene rings is 1. The van der Waals surface area contributed by atoms with E-state index in [0.717, 1.165) is 35.3 Å². The molecule has 1 aromatic heterocycles. The number of carbonyl (C=O) groups is 2. The van der Waals surface area contributed by atoms with Gasteiger partial charge < -0.3 is 14.8 Å². The topological polar surface area (TPSA) is 88.4 Å². The molecule has 3 rings (SSSR count). The predicted molar refractivity (Wildman–Crippen MR) is 107 cm³/mol. The molecule has 0 aliphatic heterocycles. The lowest BCUT2D eigenvalue weighted by atomic mass is 9.89. The fraction of sp³-hybridized carbons (Fsp3) is 0.381. The summed E-state index contributed by atoms with van der Waals surface area (Å²) in [4.78, 5) is 25.6. The van der Waals surface area contributed by atoms with Gasteiger partial charge in [-0.25, -0.2) is 4.79 Å². The molecule has 0 spiro atoms. The Labute approximate surface area is 168 Å². The maximum atomic E-state index is 12.3. The van der Waals surface area contributed by atoms with Crippen LogP contribution in [0.4, 0.5) is 5.00 Å². The second kappa shape index (κ2) is 8.44. The number of hydrogen-bond donors (Lipinski definition) is 1. The highest BCUT2D eigenvalue weighted by Crippen LogP contribution is 2.39. The number of nitrogens with one attached hydrogen (secondary N) is 1. The molecule has 1 heterocycles. The van der Waals surface area contributed by atoms with Gasteiger partial charge in [-0.05, 0) is 55.4 Å². The van der Waals surface area contributed by atoms with Gasteiger partial charge in [0.25, 0.3) is 5.91 Å². The zero-order valence-corrected chi connectivity index (χ0v) is 16.9. The number of esters is 1. The van der Waals surface area contributed by atoms with Crippen LogP contribution in [0.15, 0.2) is 18.2 Å². The summed E-state index contributed by atoms with van der Waals surface area (Å²) in [6.07, 6.45) is 2.83. The predicted octanol–water partition coefficient (Wildman–Crippen LogP) is 3.86. The van der Waals surface area contributed by atoms with Crippen molar-refractivity contribution in [3.8, 4) is 11.8 Å². The molecule has 0 fully saturated rings. The molecule has 0 unspecified atom stereocenters. The van der Waals surface area contributed by atoms with Gasteiger partial charge in [-0.1, -0.05) is 13.0 Å². The SMILES string of the molecule is COc1cc(C(=O)OCC(=O)Nc2sc3c(c2C#N)CC[C@@H](C)C3)ccc1C. The lowest BCUT2D eigenvalue weighted by molar-refractivity contribution is -0.119. The van der Waals surface area contributed by atoms with E-state index in [4.69, 9.17) is 9.47 Å². The smallest absolute Gasteiger partial charge is 0.338 e. The number of carbonyl (C=O) groups excluding carboxylic acids is 2. The van der Waals surface area contributed by atoms with E-state index in [1.165, 1.54) is 18.4 Å². The van der Waals surface area contributed by atoms with Crippen LogP contribution in [-0.2, 0) is 22.4 Å². The molecule has 1 aromatic carbocycles. The summed E-state index contributed by atoms with van der Waals surface area (Å²) in [7, 11) is 1.53. The van der Waals surface area contributed by atoms with Gasteiger partial charge in [0.05, 0.1) is 18.2 Å². The highest BCUT2D eigenvalue weighted by Gasteiger charge is 2.25. The monoisotopic (exact) mass is 398 g/mol. The minimum absolute atomic E-state index is 0.313. The second-order valence-corrected chi connectivity index (χ2v) is 8.08. The number of rotatable bonds is 5. The van der Waals surface area contributed by atoms with Crippen molar-refractivity contribution >= 4 is 28.2 Å². The molecule has 0 saturated carbocycles. The summed E-state index contributed by atoms with van der Waals surface area (Å²) in [5.41, 5.74) is 2.80. The maximum absolute atomic E-state index is 12.3. The third kappa shape index (κ3) is 4.18. The van der Waals surface area contributed by atoms with E-state index in [0.29, 0.717) is 27.8 Å². The van der Waals surface area contributed by atoms with Crippen molar-refractivity contribution < 1.29 is 19.1 Å². The summed E-state index contributed by atoms with van der Waals surface area (Å²) in [6.45, 7) is 3.64. The number of aryl methyl sites for hydroxylation is 1. The third-order valence-electron chi connectivity index (χ3n) is 4.85. The van der Waals surface area contributed by atoms with Crippen LogP contribution in [0.5, 0.6) is 5.75 Å². The number of fused-ring (bicyclic) bond motifs is 1. The Kier molecular flexibility index (Phi) is 6.00. The average Bonchev–Trinajstić information content (AvgIpc) is 3.02. The van der Waals surface area contributed by atoms with E-state index in [-0.39, 0.29) is 0 Å². The molecule has 0 saturated heterocycles. The molecule has 1 N–H and O–H groups in total. The Balaban J connectivity index is 1.64. The van der Waals surface area contributed by atoms with E-state index in [2.05, 4.69) is 18.3 Å². The molecule has 1 atom stereocenters. The van der Waals surface area contributed by atoms with Gasteiger partial charge in [-0.2, -0.15) is 5.26 Å². The molecule has 7 heteroatoms. The van der Waals surface area contributed by atoms with Crippen molar-refractivity contribution in [1.82, 2.24) is 0 Å². The minimum atomic E-state index is -0.603. The maximum Gasteiger partial charge on any atom is 0.338 e. The van der Waals surface area contributed by atoms with Crippen LogP contribution in [0.3, 0.4) is 0 Å². The summed E-state index contributed by atoms with van der Waals surface area (Å²) in [6, 6.07) is 7.17. The third-order valence-corrected chi connectivity index (χ3v) is 6.02. The first-order chi connectivity index (χ1) is 13.4. The number of methoxy groups -OCH3 is 1. The zero-order chi connectivity index (χ0) is 20.3. The largest absolute Gasteiger partial charge is 0.496 e. The van der Waals surface area contributed by atoms with Gasteiger partial charge in [-0.3, -0.25) is 4.79 Å². The van der Waals surface area contributed by atoms with Crippen LogP contribution in [-0.4, -0.2) is 25.6 Å². The van der Waals surface area contributed by atoms with E-state index in [1.807, 2.05) is 6.92 Å². The normalized spacial score (nSPS) is 15.3. The molecule has 28 heavy (non-hydrogen) atoms. The van der Waals surface area contributed by atoms with Crippen molar-refractivity contribution in [2.45, 2.75) is 33.1 Å². The van der Waals surface area contributed by atoms with Gasteiger partial charge in [0, 0.05) is 4.88 Å². The summed E-state index contributed by atoms with van der Waals surface area (Å²) in [5.74, 6) is 0.0912. The van der Waals surface area contributed by atoms with Crippen LogP contribution < -0.4 is 10.1 Å². The average molecular weight is 398 g/mol. The summed E-state index contributed by atoms with van der Waals surface area (Å²) in [5, 5.41) is 12.8. The van der Waals surface area contributed by atoms with Crippen LogP contribution in [0.1, 0.15) is 45.3 Å². The lowest BCUT2D eigenvalue weighted by Crippen LogP contribution is -2.21. The van der Waals surface area contributed by atoms with Crippen molar-refractivity contribution in [3.63, 3.8) is 0 Å². The first-order valence-electron chi connectivity index (χ1n) is 9.09. The molecule has 1 aliphatic carbocycles. The van der Waals surface area contributed by atoms with Crippen molar-refractivity contribution in [3.05, 3.63) is 45.3 Å². The van der Waals surface area contributed by atoms with Crippen LogP contribution in [0, 0.1) is 24.2 Å². The molecule has 0 radical (unpaired) electrons. The van der Waals surface area contributed by atoms with E-state index in [9.17, 15) is 14.9 Å². The number of nitrogens with zero attached hydrogens (tertiary/aromatic N) is 1. The van der Waals surface area contributed by atoms with Gasteiger partial charge in [0.2, 0.25) is 0 Å². The zero-order valence-electron chi connectivity index (χ0n) is 16.1. The van der Waals surface area contributed by atoms with Crippen molar-refractivity contribution in [1.29, 1.82) is 5.26 Å². The van der Waals surface area contributed by atoms with Gasteiger partial charge in [-0.15, -0.1) is 11.3 Å². The second-order valence-electron chi connectivity index (χ2n) is 6.98. The molecule has 146 valence electrons. The summed E-state index contributed by atoms with van der Waals surface area (Å²) < 4.78 is 10.3. The van der Waals surface area contributed by atoms with Crippen molar-refractivity contribution in [2.24, 2.45) is 5.92 Å². The quantitative estimate of drug-likeness (QED) is 0.773. The molecule has 6 nitrogen and oxygen atoms in total. The number of amides is 1. The number of benzene rings is 1. The van der Waals surface area contributed by atoms with Crippen LogP contribution in [0.25, 0.3) is 0 Å². The Morgan fingerprint density at radius 3 is 2.89 bits per heavy atom. The van der Waals surface area contributed by atoms with Crippen LogP contribution >= 0.6 is 11.3 Å². The van der Waals surface area contributed by atoms with Gasteiger partial charge in [0.1, 0.15) is 16.8 Å². The van der Waals surface area contributed by atoms with Crippen molar-refractivity contribution in [2.75, 3.05) is 19.0 Å². The first-order valence-corrected chi connectivity index (χ1v) is 9.90. The first kappa shape index (κ1) is 19.9. The van der Waals surface area contributed by atoms with E-state index >= 15 is 0 Å². The highest BCUT2D eigenvalue weighted by atomic mass is 32.1. The van der Waals surface area contributed by atoms with Gasteiger partial charge in [0.15, 0.2) is 6.61 Å². The van der Waals surface area contributed by atoms with Gasteiger partial charge >= 0.3 is 5.97 Å². The Morgan fingerprint density at radius 2 is 2.18 bits per heavy atom. The summed E-state index contributed by atoms with van der Waals surface area (Å²) >= 11 is 1.44. The Bertz CT molecular complexity index is 958. The fourth-order valence-corrected chi connectivity index (χ4v) is 4.66. The minimum Gasteiger partial charge on any atom is -0.496 e. The Hall–Kier alpha value is -2.85.